The first-order valence-electron chi connectivity index (χ1n) is 3.61. The lowest BCUT2D eigenvalue weighted by Gasteiger charge is -1.93. The highest BCUT2D eigenvalue weighted by molar-refractivity contribution is 6.35. The lowest BCUT2D eigenvalue weighted by molar-refractivity contribution is 0.629. The molecule has 12 heavy (non-hydrogen) atoms. The van der Waals surface area contributed by atoms with Gasteiger partial charge in [0.05, 0.1) is 5.02 Å². The van der Waals surface area contributed by atoms with Crippen LogP contribution in [-0.4, -0.2) is 4.98 Å². The first-order chi connectivity index (χ1) is 5.66. The third-order valence-electron chi connectivity index (χ3n) is 1.79. The second-order valence-electron chi connectivity index (χ2n) is 2.80. The van der Waals surface area contributed by atoms with Gasteiger partial charge in [-0.25, -0.2) is 4.39 Å². The van der Waals surface area contributed by atoms with Gasteiger partial charge < -0.3 is 4.98 Å². The molecule has 2 rings (SSSR count). The summed E-state index contributed by atoms with van der Waals surface area (Å²) in [5.74, 6) is -0.311. The number of H-pyrrole nitrogens is 1. The van der Waals surface area contributed by atoms with E-state index >= 15 is 0 Å². The van der Waals surface area contributed by atoms with Gasteiger partial charge in [0.2, 0.25) is 0 Å². The Morgan fingerprint density at radius 1 is 1.33 bits per heavy atom. The minimum Gasteiger partial charge on any atom is -0.359 e. The summed E-state index contributed by atoms with van der Waals surface area (Å²) in [5.41, 5.74) is 1.73. The molecule has 0 spiro atoms. The predicted octanol–water partition coefficient (Wildman–Crippen LogP) is 3.27. The third kappa shape index (κ3) is 1.08. The minimum absolute atomic E-state index is 0.311. The standard InChI is InChI=1S/C9H7ClFN/c1-5-2-7-8(10)3-6(11)4-9(7)12-5/h2-4,12H,1H3. The molecular weight excluding hydrogens is 177 g/mol. The van der Waals surface area contributed by atoms with E-state index < -0.39 is 0 Å². The average molecular weight is 184 g/mol. The Morgan fingerprint density at radius 3 is 2.83 bits per heavy atom. The van der Waals surface area contributed by atoms with Crippen molar-refractivity contribution in [2.75, 3.05) is 0 Å². The summed E-state index contributed by atoms with van der Waals surface area (Å²) < 4.78 is 12.8. The number of halogens is 2. The van der Waals surface area contributed by atoms with Gasteiger partial charge in [0, 0.05) is 16.6 Å². The molecule has 0 atom stereocenters. The predicted molar refractivity (Wildman–Crippen MR) is 48.0 cm³/mol. The van der Waals surface area contributed by atoms with Crippen LogP contribution in [0.15, 0.2) is 18.2 Å². The Balaban J connectivity index is 2.88. The number of nitrogens with one attached hydrogen (secondary N) is 1. The van der Waals surface area contributed by atoms with E-state index in [-0.39, 0.29) is 5.82 Å². The van der Waals surface area contributed by atoms with Crippen LogP contribution in [0.2, 0.25) is 5.02 Å². The molecular formula is C9H7ClFN. The third-order valence-corrected chi connectivity index (χ3v) is 2.10. The van der Waals surface area contributed by atoms with Gasteiger partial charge in [-0.15, -0.1) is 0 Å². The second kappa shape index (κ2) is 2.49. The molecule has 0 radical (unpaired) electrons. The van der Waals surface area contributed by atoms with Crippen LogP contribution in [0.3, 0.4) is 0 Å². The Bertz CT molecular complexity index is 433. The van der Waals surface area contributed by atoms with Gasteiger partial charge in [-0.3, -0.25) is 0 Å². The van der Waals surface area contributed by atoms with E-state index in [0.29, 0.717) is 5.02 Å². The van der Waals surface area contributed by atoms with E-state index in [0.717, 1.165) is 16.6 Å². The highest BCUT2D eigenvalue weighted by atomic mass is 35.5. The summed E-state index contributed by atoms with van der Waals surface area (Å²) in [4.78, 5) is 3.02. The van der Waals surface area contributed by atoms with Crippen LogP contribution in [0.1, 0.15) is 5.69 Å². The second-order valence-corrected chi connectivity index (χ2v) is 3.21. The summed E-state index contributed by atoms with van der Waals surface area (Å²) in [6, 6.07) is 4.66. The van der Waals surface area contributed by atoms with E-state index in [4.69, 9.17) is 11.6 Å². The van der Waals surface area contributed by atoms with E-state index in [1.165, 1.54) is 12.1 Å². The number of aryl methyl sites for hydroxylation is 1. The van der Waals surface area contributed by atoms with Crippen LogP contribution in [-0.2, 0) is 0 Å². The van der Waals surface area contributed by atoms with E-state index in [1.54, 1.807) is 0 Å². The Kier molecular flexibility index (Phi) is 1.58. The smallest absolute Gasteiger partial charge is 0.126 e. The largest absolute Gasteiger partial charge is 0.359 e. The van der Waals surface area contributed by atoms with Crippen molar-refractivity contribution in [3.05, 3.63) is 34.7 Å². The maximum absolute atomic E-state index is 12.8. The molecule has 1 N–H and O–H groups in total. The molecule has 3 heteroatoms. The first kappa shape index (κ1) is 7.62. The van der Waals surface area contributed by atoms with Gasteiger partial charge in [0.25, 0.3) is 0 Å². The number of aromatic nitrogens is 1. The molecule has 0 amide bonds. The number of benzene rings is 1. The molecule has 0 saturated carbocycles. The molecule has 1 aromatic heterocycles. The molecule has 1 heterocycles. The zero-order valence-electron chi connectivity index (χ0n) is 6.49. The summed E-state index contributed by atoms with van der Waals surface area (Å²) in [6.07, 6.45) is 0. The van der Waals surface area contributed by atoms with Crippen LogP contribution >= 0.6 is 11.6 Å². The molecule has 0 aliphatic heterocycles. The zero-order valence-corrected chi connectivity index (χ0v) is 7.24. The molecule has 0 bridgehead atoms. The van der Waals surface area contributed by atoms with Gasteiger partial charge in [-0.2, -0.15) is 0 Å². The minimum atomic E-state index is -0.311. The highest BCUT2D eigenvalue weighted by Crippen LogP contribution is 2.25. The van der Waals surface area contributed by atoms with Crippen molar-refractivity contribution in [1.29, 1.82) is 0 Å². The molecule has 0 saturated heterocycles. The first-order valence-corrected chi connectivity index (χ1v) is 3.99. The van der Waals surface area contributed by atoms with Gasteiger partial charge in [-0.1, -0.05) is 11.6 Å². The van der Waals surface area contributed by atoms with Crippen molar-refractivity contribution in [2.24, 2.45) is 0 Å². The number of hydrogen-bond acceptors (Lipinski definition) is 0. The summed E-state index contributed by atoms with van der Waals surface area (Å²) in [7, 11) is 0. The number of fused-ring (bicyclic) bond motifs is 1. The van der Waals surface area contributed by atoms with Crippen molar-refractivity contribution < 1.29 is 4.39 Å². The molecule has 1 nitrogen and oxygen atoms in total. The summed E-state index contributed by atoms with van der Waals surface area (Å²) in [6.45, 7) is 1.91. The molecule has 62 valence electrons. The van der Waals surface area contributed by atoms with Crippen LogP contribution in [0, 0.1) is 12.7 Å². The molecule has 0 aliphatic carbocycles. The maximum atomic E-state index is 12.8. The van der Waals surface area contributed by atoms with Gasteiger partial charge in [0.1, 0.15) is 5.82 Å². The molecule has 2 aromatic rings. The number of hydrogen-bond donors (Lipinski definition) is 1. The maximum Gasteiger partial charge on any atom is 0.126 e. The molecule has 1 aromatic carbocycles. The number of aromatic amines is 1. The topological polar surface area (TPSA) is 15.8 Å². The lowest BCUT2D eigenvalue weighted by atomic mass is 10.2. The fraction of sp³-hybridized carbons (Fsp3) is 0.111. The van der Waals surface area contributed by atoms with Gasteiger partial charge >= 0.3 is 0 Å². The fourth-order valence-electron chi connectivity index (χ4n) is 1.30. The fourth-order valence-corrected chi connectivity index (χ4v) is 1.56. The number of rotatable bonds is 0. The van der Waals surface area contributed by atoms with Crippen molar-refractivity contribution >= 4 is 22.5 Å². The molecule has 0 fully saturated rings. The van der Waals surface area contributed by atoms with Crippen LogP contribution in [0.4, 0.5) is 4.39 Å². The normalized spacial score (nSPS) is 10.9. The van der Waals surface area contributed by atoms with Crippen molar-refractivity contribution in [1.82, 2.24) is 4.98 Å². The Hall–Kier alpha value is -1.02. The van der Waals surface area contributed by atoms with E-state index in [1.807, 2.05) is 13.0 Å². The zero-order chi connectivity index (χ0) is 8.72. The van der Waals surface area contributed by atoms with Crippen molar-refractivity contribution in [3.8, 4) is 0 Å². The molecule has 0 unspecified atom stereocenters. The van der Waals surface area contributed by atoms with Crippen LogP contribution in [0.5, 0.6) is 0 Å². The molecule has 0 aliphatic rings. The van der Waals surface area contributed by atoms with E-state index in [9.17, 15) is 4.39 Å². The van der Waals surface area contributed by atoms with Gasteiger partial charge in [0.15, 0.2) is 0 Å². The monoisotopic (exact) mass is 183 g/mol. The van der Waals surface area contributed by atoms with Gasteiger partial charge in [-0.05, 0) is 25.1 Å². The van der Waals surface area contributed by atoms with Crippen LogP contribution < -0.4 is 0 Å². The van der Waals surface area contributed by atoms with Crippen LogP contribution in [0.25, 0.3) is 10.9 Å². The lowest BCUT2D eigenvalue weighted by Crippen LogP contribution is -1.75. The highest BCUT2D eigenvalue weighted by Gasteiger charge is 2.03. The Labute approximate surface area is 74.2 Å². The quantitative estimate of drug-likeness (QED) is 0.645. The SMILES string of the molecule is Cc1cc2c(Cl)cc(F)cc2[nH]1. The van der Waals surface area contributed by atoms with Crippen molar-refractivity contribution in [2.45, 2.75) is 6.92 Å². The summed E-state index contributed by atoms with van der Waals surface area (Å²) >= 11 is 5.82. The van der Waals surface area contributed by atoms with Crippen molar-refractivity contribution in [3.63, 3.8) is 0 Å². The average Bonchev–Trinajstić information content (AvgIpc) is 2.29. The van der Waals surface area contributed by atoms with E-state index in [2.05, 4.69) is 4.98 Å². The summed E-state index contributed by atoms with van der Waals surface area (Å²) in [5, 5.41) is 1.32. The Morgan fingerprint density at radius 2 is 2.08 bits per heavy atom.